The summed E-state index contributed by atoms with van der Waals surface area (Å²) < 4.78 is 11.6. The molecule has 0 amide bonds. The SMILES string of the molecule is Cc1cc2oc(=O)cc(COC(=O)C=Cc3cccc(Br)c3)c2cc1C(C)C. The maximum atomic E-state index is 12.1. The zero-order valence-corrected chi connectivity index (χ0v) is 17.6. The van der Waals surface area contributed by atoms with Crippen molar-refractivity contribution in [3.63, 3.8) is 0 Å². The van der Waals surface area contributed by atoms with Gasteiger partial charge in [-0.25, -0.2) is 9.59 Å². The van der Waals surface area contributed by atoms with E-state index in [1.807, 2.05) is 43.3 Å². The van der Waals surface area contributed by atoms with E-state index >= 15 is 0 Å². The number of rotatable bonds is 5. The lowest BCUT2D eigenvalue weighted by atomic mass is 9.95. The summed E-state index contributed by atoms with van der Waals surface area (Å²) in [5.74, 6) is -0.141. The molecule has 5 heteroatoms. The highest BCUT2D eigenvalue weighted by Crippen LogP contribution is 2.27. The molecule has 2 aromatic carbocycles. The summed E-state index contributed by atoms with van der Waals surface area (Å²) >= 11 is 3.39. The summed E-state index contributed by atoms with van der Waals surface area (Å²) in [6.07, 6.45) is 3.06. The molecule has 0 unspecified atom stereocenters. The van der Waals surface area contributed by atoms with Crippen molar-refractivity contribution in [1.29, 1.82) is 0 Å². The molecule has 0 aliphatic heterocycles. The second-order valence-corrected chi connectivity index (χ2v) is 7.86. The van der Waals surface area contributed by atoms with Gasteiger partial charge in [-0.2, -0.15) is 0 Å². The van der Waals surface area contributed by atoms with Crippen LogP contribution in [0.3, 0.4) is 0 Å². The van der Waals surface area contributed by atoms with Gasteiger partial charge in [-0.3, -0.25) is 0 Å². The van der Waals surface area contributed by atoms with Gasteiger partial charge in [0, 0.05) is 27.6 Å². The Bertz CT molecular complexity index is 1110. The van der Waals surface area contributed by atoms with Gasteiger partial charge in [0.1, 0.15) is 12.2 Å². The summed E-state index contributed by atoms with van der Waals surface area (Å²) in [6, 6.07) is 12.8. The van der Waals surface area contributed by atoms with Crippen LogP contribution in [0, 0.1) is 6.92 Å². The Labute approximate surface area is 172 Å². The highest BCUT2D eigenvalue weighted by molar-refractivity contribution is 9.10. The molecule has 0 spiro atoms. The smallest absolute Gasteiger partial charge is 0.336 e. The Morgan fingerprint density at radius 2 is 2.00 bits per heavy atom. The molecule has 4 nitrogen and oxygen atoms in total. The van der Waals surface area contributed by atoms with E-state index in [4.69, 9.17) is 9.15 Å². The first-order valence-corrected chi connectivity index (χ1v) is 9.80. The molecule has 0 radical (unpaired) electrons. The average molecular weight is 441 g/mol. The van der Waals surface area contributed by atoms with E-state index < -0.39 is 11.6 Å². The van der Waals surface area contributed by atoms with E-state index in [2.05, 4.69) is 29.8 Å². The third-order valence-electron chi connectivity index (χ3n) is 4.47. The fourth-order valence-corrected chi connectivity index (χ4v) is 3.52. The number of esters is 1. The van der Waals surface area contributed by atoms with Gasteiger partial charge in [0.2, 0.25) is 0 Å². The molecule has 0 saturated carbocycles. The van der Waals surface area contributed by atoms with Crippen molar-refractivity contribution in [2.45, 2.75) is 33.3 Å². The lowest BCUT2D eigenvalue weighted by molar-refractivity contribution is -0.138. The van der Waals surface area contributed by atoms with Crippen molar-refractivity contribution in [3.8, 4) is 0 Å². The summed E-state index contributed by atoms with van der Waals surface area (Å²) in [6.45, 7) is 6.22. The van der Waals surface area contributed by atoms with E-state index in [-0.39, 0.29) is 6.61 Å². The molecule has 0 atom stereocenters. The Balaban J connectivity index is 1.82. The van der Waals surface area contributed by atoms with E-state index in [1.54, 1.807) is 6.08 Å². The first-order valence-electron chi connectivity index (χ1n) is 9.01. The fraction of sp³-hybridized carbons (Fsp3) is 0.217. The predicted molar refractivity (Wildman–Crippen MR) is 114 cm³/mol. The molecule has 28 heavy (non-hydrogen) atoms. The molecule has 0 fully saturated rings. The maximum Gasteiger partial charge on any atom is 0.336 e. The van der Waals surface area contributed by atoms with Crippen molar-refractivity contribution in [3.05, 3.63) is 85.7 Å². The van der Waals surface area contributed by atoms with Crippen LogP contribution in [0.15, 0.2) is 62.2 Å². The number of fused-ring (bicyclic) bond motifs is 1. The second kappa shape index (κ2) is 8.57. The highest BCUT2D eigenvalue weighted by atomic mass is 79.9. The van der Waals surface area contributed by atoms with Crippen molar-refractivity contribution in [2.24, 2.45) is 0 Å². The molecule has 0 bridgehead atoms. The molecule has 0 saturated heterocycles. The average Bonchev–Trinajstić information content (AvgIpc) is 2.63. The van der Waals surface area contributed by atoms with Crippen LogP contribution in [0.1, 0.15) is 42.0 Å². The zero-order valence-electron chi connectivity index (χ0n) is 16.0. The van der Waals surface area contributed by atoms with Crippen LogP contribution in [0.5, 0.6) is 0 Å². The molecular weight excluding hydrogens is 420 g/mol. The molecule has 0 aliphatic rings. The molecule has 1 aromatic heterocycles. The minimum Gasteiger partial charge on any atom is -0.458 e. The molecular formula is C23H21BrO4. The van der Waals surface area contributed by atoms with Crippen molar-refractivity contribution < 1.29 is 13.9 Å². The van der Waals surface area contributed by atoms with Crippen molar-refractivity contribution in [2.75, 3.05) is 0 Å². The third-order valence-corrected chi connectivity index (χ3v) is 4.96. The maximum absolute atomic E-state index is 12.1. The Morgan fingerprint density at radius 3 is 2.71 bits per heavy atom. The predicted octanol–water partition coefficient (Wildman–Crippen LogP) is 5.74. The lowest BCUT2D eigenvalue weighted by Crippen LogP contribution is -2.06. The molecule has 3 aromatic rings. The Hall–Kier alpha value is -2.66. The number of ether oxygens (including phenoxy) is 1. The van der Waals surface area contributed by atoms with Crippen LogP contribution in [0.25, 0.3) is 17.0 Å². The standard InChI is InChI=1S/C23H21BrO4/c1-14(2)19-12-20-17(11-23(26)28-21(20)9-15(19)3)13-27-22(25)8-7-16-5-4-6-18(24)10-16/h4-12,14H,13H2,1-3H3. The first-order chi connectivity index (χ1) is 13.3. The van der Waals surface area contributed by atoms with Crippen molar-refractivity contribution >= 4 is 38.9 Å². The number of hydrogen-bond acceptors (Lipinski definition) is 4. The normalized spacial score (nSPS) is 11.5. The van der Waals surface area contributed by atoms with Gasteiger partial charge in [0.15, 0.2) is 0 Å². The number of hydrogen-bond donors (Lipinski definition) is 0. The largest absolute Gasteiger partial charge is 0.458 e. The van der Waals surface area contributed by atoms with E-state index in [0.717, 1.165) is 21.0 Å². The number of benzene rings is 2. The summed E-state index contributed by atoms with van der Waals surface area (Å²) in [4.78, 5) is 24.0. The van der Waals surface area contributed by atoms with Crippen LogP contribution >= 0.6 is 15.9 Å². The zero-order chi connectivity index (χ0) is 20.3. The van der Waals surface area contributed by atoms with Crippen LogP contribution in [-0.4, -0.2) is 5.97 Å². The lowest BCUT2D eigenvalue weighted by Gasteiger charge is -2.13. The van der Waals surface area contributed by atoms with Gasteiger partial charge in [0.25, 0.3) is 0 Å². The van der Waals surface area contributed by atoms with Crippen LogP contribution in [-0.2, 0) is 16.1 Å². The molecule has 1 heterocycles. The number of carbonyl (C=O) groups is 1. The minimum atomic E-state index is -0.474. The van der Waals surface area contributed by atoms with Gasteiger partial charge >= 0.3 is 11.6 Å². The van der Waals surface area contributed by atoms with E-state index in [0.29, 0.717) is 17.1 Å². The number of carbonyl (C=O) groups excluding carboxylic acids is 1. The number of halogens is 1. The topological polar surface area (TPSA) is 56.5 Å². The molecule has 144 valence electrons. The summed E-state index contributed by atoms with van der Waals surface area (Å²) in [7, 11) is 0. The molecule has 0 N–H and O–H groups in total. The van der Waals surface area contributed by atoms with E-state index in [1.165, 1.54) is 17.7 Å². The monoisotopic (exact) mass is 440 g/mol. The van der Waals surface area contributed by atoms with Crippen LogP contribution < -0.4 is 5.63 Å². The summed E-state index contributed by atoms with van der Waals surface area (Å²) in [5.41, 5.74) is 3.80. The fourth-order valence-electron chi connectivity index (χ4n) is 3.10. The second-order valence-electron chi connectivity index (χ2n) is 6.95. The van der Waals surface area contributed by atoms with Gasteiger partial charge < -0.3 is 9.15 Å². The Morgan fingerprint density at radius 1 is 1.21 bits per heavy atom. The highest BCUT2D eigenvalue weighted by Gasteiger charge is 2.12. The Kier molecular flexibility index (Phi) is 6.15. The van der Waals surface area contributed by atoms with Crippen LogP contribution in [0.2, 0.25) is 0 Å². The quantitative estimate of drug-likeness (QED) is 0.288. The van der Waals surface area contributed by atoms with Gasteiger partial charge in [0.05, 0.1) is 0 Å². The van der Waals surface area contributed by atoms with Gasteiger partial charge in [-0.1, -0.05) is 41.9 Å². The minimum absolute atomic E-state index is 0.00432. The molecule has 3 rings (SSSR count). The van der Waals surface area contributed by atoms with Crippen LogP contribution in [0.4, 0.5) is 0 Å². The van der Waals surface area contributed by atoms with Gasteiger partial charge in [-0.15, -0.1) is 0 Å². The van der Waals surface area contributed by atoms with E-state index in [9.17, 15) is 9.59 Å². The number of aryl methyl sites for hydroxylation is 1. The molecule has 0 aliphatic carbocycles. The van der Waals surface area contributed by atoms with Crippen molar-refractivity contribution in [1.82, 2.24) is 0 Å². The first kappa shape index (κ1) is 20.1. The summed E-state index contributed by atoms with van der Waals surface area (Å²) in [5, 5.41) is 0.790. The van der Waals surface area contributed by atoms with Gasteiger partial charge in [-0.05, 0) is 59.9 Å². The third kappa shape index (κ3) is 4.78.